The van der Waals surface area contributed by atoms with E-state index in [1.807, 2.05) is 29.2 Å². The predicted octanol–water partition coefficient (Wildman–Crippen LogP) is 1.99. The molecular formula is C22H29N3O5. The summed E-state index contributed by atoms with van der Waals surface area (Å²) in [6, 6.07) is 7.21. The van der Waals surface area contributed by atoms with E-state index in [0.717, 1.165) is 50.1 Å². The molecule has 1 aromatic rings. The summed E-state index contributed by atoms with van der Waals surface area (Å²) in [5, 5.41) is 11.0. The maximum Gasteiger partial charge on any atom is 0.405 e. The Kier molecular flexibility index (Phi) is 5.94. The van der Waals surface area contributed by atoms with Crippen molar-refractivity contribution in [2.75, 3.05) is 26.2 Å². The molecule has 4 rings (SSSR count). The molecule has 8 nitrogen and oxygen atoms in total. The Bertz CT molecular complexity index is 807. The zero-order chi connectivity index (χ0) is 21.3. The van der Waals surface area contributed by atoms with Crippen LogP contribution in [0.1, 0.15) is 43.0 Å². The zero-order valence-electron chi connectivity index (χ0n) is 17.3. The third-order valence-electron chi connectivity index (χ3n) is 6.29. The highest BCUT2D eigenvalue weighted by Crippen LogP contribution is 2.33. The monoisotopic (exact) mass is 415 g/mol. The maximum absolute atomic E-state index is 12.4. The molecule has 1 aliphatic carbocycles. The number of likely N-dealkylation sites (tertiary alicyclic amines) is 2. The van der Waals surface area contributed by atoms with Crippen LogP contribution in [0.5, 0.6) is 5.75 Å². The molecule has 162 valence electrons. The molecule has 2 saturated heterocycles. The zero-order valence-corrected chi connectivity index (χ0v) is 17.3. The minimum absolute atomic E-state index is 0.142. The smallest absolute Gasteiger partial charge is 0.405 e. The van der Waals surface area contributed by atoms with E-state index in [1.54, 1.807) is 6.92 Å². The summed E-state index contributed by atoms with van der Waals surface area (Å²) < 4.78 is 5.82. The summed E-state index contributed by atoms with van der Waals surface area (Å²) >= 11 is 0. The number of Topliss-reactive ketones (excluding diaryl/α,β-unsaturated/α-hetero) is 1. The molecule has 3 atom stereocenters. The number of carboxylic acid groups (broad SMARTS) is 1. The first kappa shape index (κ1) is 20.7. The highest BCUT2D eigenvalue weighted by molar-refractivity contribution is 5.99. The molecule has 3 aliphatic rings. The Morgan fingerprint density at radius 1 is 1.17 bits per heavy atom. The first-order valence-electron chi connectivity index (χ1n) is 10.7. The van der Waals surface area contributed by atoms with Crippen molar-refractivity contribution in [3.63, 3.8) is 0 Å². The first-order chi connectivity index (χ1) is 14.4. The number of nitrogens with zero attached hydrogens (tertiary/aromatic N) is 2. The van der Waals surface area contributed by atoms with Crippen LogP contribution in [0.2, 0.25) is 0 Å². The van der Waals surface area contributed by atoms with Crippen LogP contribution in [-0.4, -0.2) is 77.1 Å². The van der Waals surface area contributed by atoms with Gasteiger partial charge in [0.2, 0.25) is 5.91 Å². The number of ketones is 1. The van der Waals surface area contributed by atoms with Crippen LogP contribution in [0.25, 0.3) is 0 Å². The van der Waals surface area contributed by atoms with Gasteiger partial charge in [-0.3, -0.25) is 14.5 Å². The minimum atomic E-state index is -1.18. The molecule has 3 fully saturated rings. The lowest BCUT2D eigenvalue weighted by atomic mass is 10.1. The van der Waals surface area contributed by atoms with Gasteiger partial charge in [-0.25, -0.2) is 4.79 Å². The number of hydrogen-bond acceptors (Lipinski definition) is 5. The average Bonchev–Trinajstić information content (AvgIpc) is 3.40. The van der Waals surface area contributed by atoms with Crippen LogP contribution in [0.4, 0.5) is 4.79 Å². The number of amides is 2. The van der Waals surface area contributed by atoms with E-state index < -0.39 is 12.1 Å². The number of nitrogens with one attached hydrogen (secondary N) is 1. The average molecular weight is 415 g/mol. The lowest BCUT2D eigenvalue weighted by Gasteiger charge is -2.35. The summed E-state index contributed by atoms with van der Waals surface area (Å²) in [4.78, 5) is 39.4. The third-order valence-corrected chi connectivity index (χ3v) is 6.29. The maximum atomic E-state index is 12.4. The lowest BCUT2D eigenvalue weighted by Crippen LogP contribution is -2.54. The van der Waals surface area contributed by atoms with Gasteiger partial charge in [-0.2, -0.15) is 0 Å². The Balaban J connectivity index is 1.16. The molecule has 0 radical (unpaired) electrons. The number of hydrogen-bond donors (Lipinski definition) is 2. The van der Waals surface area contributed by atoms with Crippen molar-refractivity contribution in [2.24, 2.45) is 5.92 Å². The SMILES string of the molecule is C[C@H](NC(=O)O)C(=O)N1C[C@@H]2C[C@H]1CN2CCCOc1ccc(C(=O)C2CC2)cc1. The molecule has 2 heterocycles. The molecule has 30 heavy (non-hydrogen) atoms. The van der Waals surface area contributed by atoms with E-state index >= 15 is 0 Å². The van der Waals surface area contributed by atoms with Crippen molar-refractivity contribution in [1.82, 2.24) is 15.1 Å². The van der Waals surface area contributed by atoms with E-state index in [4.69, 9.17) is 9.84 Å². The molecule has 2 aliphatic heterocycles. The molecular weight excluding hydrogens is 386 g/mol. The Morgan fingerprint density at radius 3 is 2.50 bits per heavy atom. The van der Waals surface area contributed by atoms with E-state index in [9.17, 15) is 14.4 Å². The van der Waals surface area contributed by atoms with Crippen molar-refractivity contribution in [2.45, 2.75) is 50.7 Å². The van der Waals surface area contributed by atoms with E-state index in [1.165, 1.54) is 0 Å². The molecule has 0 spiro atoms. The molecule has 1 saturated carbocycles. The van der Waals surface area contributed by atoms with Gasteiger partial charge in [-0.15, -0.1) is 0 Å². The van der Waals surface area contributed by atoms with Gasteiger partial charge in [0, 0.05) is 43.2 Å². The van der Waals surface area contributed by atoms with Crippen LogP contribution in [0, 0.1) is 5.92 Å². The summed E-state index contributed by atoms with van der Waals surface area (Å²) in [6.07, 6.45) is 2.69. The van der Waals surface area contributed by atoms with Gasteiger partial charge in [0.25, 0.3) is 0 Å². The molecule has 2 N–H and O–H groups in total. The number of benzene rings is 1. The van der Waals surface area contributed by atoms with E-state index in [0.29, 0.717) is 19.2 Å². The number of ether oxygens (including phenoxy) is 1. The third kappa shape index (κ3) is 4.59. The largest absolute Gasteiger partial charge is 0.494 e. The summed E-state index contributed by atoms with van der Waals surface area (Å²) in [6.45, 7) is 4.59. The standard InChI is InChI=1S/C22H29N3O5/c1-14(23-22(28)29)21(27)25-13-17-11-18(25)12-24(17)9-2-10-30-19-7-5-16(6-8-19)20(26)15-3-4-15/h5-8,14-15,17-18,23H,2-4,9-13H2,1H3,(H,28,29)/t14-,17-,18-/m0/s1. The topological polar surface area (TPSA) is 99.2 Å². The molecule has 0 unspecified atom stereocenters. The first-order valence-corrected chi connectivity index (χ1v) is 10.7. The molecule has 8 heteroatoms. The van der Waals surface area contributed by atoms with Gasteiger partial charge < -0.3 is 20.1 Å². The van der Waals surface area contributed by atoms with Gasteiger partial charge in [0.05, 0.1) is 6.61 Å². The van der Waals surface area contributed by atoms with Gasteiger partial charge in [-0.05, 0) is 56.9 Å². The second-order valence-electron chi connectivity index (χ2n) is 8.56. The molecule has 1 aromatic carbocycles. The van der Waals surface area contributed by atoms with Crippen LogP contribution in [-0.2, 0) is 4.79 Å². The van der Waals surface area contributed by atoms with Crippen molar-refractivity contribution in [1.29, 1.82) is 0 Å². The van der Waals surface area contributed by atoms with Crippen LogP contribution >= 0.6 is 0 Å². The number of carbonyl (C=O) groups excluding carboxylic acids is 2. The van der Waals surface area contributed by atoms with E-state index in [-0.39, 0.29) is 23.7 Å². The molecule has 2 amide bonds. The minimum Gasteiger partial charge on any atom is -0.494 e. The highest BCUT2D eigenvalue weighted by atomic mass is 16.5. The number of piperazine rings is 1. The van der Waals surface area contributed by atoms with E-state index in [2.05, 4.69) is 10.2 Å². The number of fused-ring (bicyclic) bond motifs is 2. The fourth-order valence-corrected chi connectivity index (χ4v) is 4.54. The van der Waals surface area contributed by atoms with Crippen LogP contribution in [0.15, 0.2) is 24.3 Å². The molecule has 2 bridgehead atoms. The van der Waals surface area contributed by atoms with Gasteiger partial charge in [-0.1, -0.05) is 0 Å². The van der Waals surface area contributed by atoms with Gasteiger partial charge in [0.15, 0.2) is 5.78 Å². The highest BCUT2D eigenvalue weighted by Gasteiger charge is 2.45. The summed E-state index contributed by atoms with van der Waals surface area (Å²) in [7, 11) is 0. The predicted molar refractivity (Wildman–Crippen MR) is 110 cm³/mol. The van der Waals surface area contributed by atoms with Crippen molar-refractivity contribution in [3.05, 3.63) is 29.8 Å². The van der Waals surface area contributed by atoms with Crippen molar-refractivity contribution in [3.8, 4) is 5.75 Å². The Labute approximate surface area is 176 Å². The van der Waals surface area contributed by atoms with Crippen LogP contribution < -0.4 is 10.1 Å². The lowest BCUT2D eigenvalue weighted by molar-refractivity contribution is -0.135. The second-order valence-corrected chi connectivity index (χ2v) is 8.56. The van der Waals surface area contributed by atoms with Gasteiger partial charge >= 0.3 is 6.09 Å². The number of carbonyl (C=O) groups is 3. The van der Waals surface area contributed by atoms with Gasteiger partial charge in [0.1, 0.15) is 11.8 Å². The normalized spacial score (nSPS) is 24.0. The quantitative estimate of drug-likeness (QED) is 0.473. The Morgan fingerprint density at radius 2 is 1.90 bits per heavy atom. The Hall–Kier alpha value is -2.61. The number of rotatable bonds is 9. The van der Waals surface area contributed by atoms with Crippen molar-refractivity contribution < 1.29 is 24.2 Å². The van der Waals surface area contributed by atoms with Crippen LogP contribution in [0.3, 0.4) is 0 Å². The summed E-state index contributed by atoms with van der Waals surface area (Å²) in [5.74, 6) is 1.11. The fraction of sp³-hybridized carbons (Fsp3) is 0.591. The van der Waals surface area contributed by atoms with Crippen molar-refractivity contribution >= 4 is 17.8 Å². The second kappa shape index (κ2) is 8.63. The summed E-state index contributed by atoms with van der Waals surface area (Å²) in [5.41, 5.74) is 0.768. The fourth-order valence-electron chi connectivity index (χ4n) is 4.54. The molecule has 0 aromatic heterocycles.